The Morgan fingerprint density at radius 3 is 1.65 bits per heavy atom. The van der Waals surface area contributed by atoms with Crippen molar-refractivity contribution in [2.24, 2.45) is 0 Å². The Kier molecular flexibility index (Phi) is 19.2. The van der Waals surface area contributed by atoms with E-state index in [-0.39, 0.29) is 11.5 Å². The summed E-state index contributed by atoms with van der Waals surface area (Å²) < 4.78 is 41.0. The van der Waals surface area contributed by atoms with Crippen molar-refractivity contribution >= 4 is 37.3 Å². The lowest BCUT2D eigenvalue weighted by Gasteiger charge is -2.12. The van der Waals surface area contributed by atoms with Gasteiger partial charge in [0.25, 0.3) is 0 Å². The molecule has 0 fully saturated rings. The lowest BCUT2D eigenvalue weighted by Crippen LogP contribution is -2.28. The van der Waals surface area contributed by atoms with Crippen molar-refractivity contribution < 1.29 is 47.6 Å². The fourth-order valence-corrected chi connectivity index (χ4v) is 5.99. The number of carboxylic acid groups (broad SMARTS) is 1. The van der Waals surface area contributed by atoms with Gasteiger partial charge in [0.2, 0.25) is 0 Å². The highest BCUT2D eigenvalue weighted by molar-refractivity contribution is 6.40. The van der Waals surface area contributed by atoms with E-state index in [4.69, 9.17) is 38.0 Å². The Morgan fingerprint density at radius 2 is 1.09 bits per heavy atom. The zero-order valence-electron chi connectivity index (χ0n) is 33.8. The SMILES string of the molecule is CCCCCCCCOc1ccc(/C=C/C(=O)/C=C(/C=C/c2ccc(OCCCCCCCC)c(OC)c2)OB2Oc3ccc(/C=C/C(=O)O)cc3O2)cc1OC. The molecule has 0 spiro atoms. The van der Waals surface area contributed by atoms with Gasteiger partial charge in [-0.2, -0.15) is 0 Å². The molecule has 0 atom stereocenters. The number of ether oxygens (including phenoxy) is 4. The summed E-state index contributed by atoms with van der Waals surface area (Å²) in [5.74, 6) is 2.05. The first-order valence-corrected chi connectivity index (χ1v) is 20.1. The van der Waals surface area contributed by atoms with Crippen LogP contribution in [0.5, 0.6) is 34.5 Å². The number of benzene rings is 3. The van der Waals surface area contributed by atoms with E-state index in [1.165, 1.54) is 69.6 Å². The Hall–Kier alpha value is -5.58. The van der Waals surface area contributed by atoms with Crippen molar-refractivity contribution in [3.8, 4) is 34.5 Å². The molecular formula is C46H57BO10. The van der Waals surface area contributed by atoms with E-state index in [0.29, 0.717) is 53.3 Å². The Labute approximate surface area is 338 Å². The molecule has 4 rings (SSSR count). The number of aliphatic carboxylic acids is 1. The van der Waals surface area contributed by atoms with Gasteiger partial charge in [0.1, 0.15) is 17.3 Å². The Bertz CT molecular complexity index is 1850. The Balaban J connectivity index is 1.46. The molecule has 0 amide bonds. The fourth-order valence-electron chi connectivity index (χ4n) is 5.99. The molecule has 0 aliphatic carbocycles. The highest BCUT2D eigenvalue weighted by atomic mass is 16.8. The first-order valence-electron chi connectivity index (χ1n) is 20.1. The molecule has 10 nitrogen and oxygen atoms in total. The molecule has 0 bridgehead atoms. The number of fused-ring (bicyclic) bond motifs is 1. The molecule has 57 heavy (non-hydrogen) atoms. The van der Waals surface area contributed by atoms with Crippen molar-refractivity contribution in [1.29, 1.82) is 0 Å². The minimum atomic E-state index is -1.20. The van der Waals surface area contributed by atoms with Gasteiger partial charge in [0, 0.05) is 12.2 Å². The van der Waals surface area contributed by atoms with E-state index < -0.39 is 13.3 Å². The van der Waals surface area contributed by atoms with Crippen LogP contribution < -0.4 is 28.3 Å². The summed E-state index contributed by atoms with van der Waals surface area (Å²) >= 11 is 0. The van der Waals surface area contributed by atoms with Crippen LogP contribution in [0.4, 0.5) is 0 Å². The van der Waals surface area contributed by atoms with E-state index in [9.17, 15) is 9.59 Å². The normalized spacial score (nSPS) is 12.5. The highest BCUT2D eigenvalue weighted by Gasteiger charge is 2.38. The number of methoxy groups -OCH3 is 2. The molecule has 304 valence electrons. The third kappa shape index (κ3) is 15.8. The monoisotopic (exact) mass is 780 g/mol. The molecular weight excluding hydrogens is 723 g/mol. The van der Waals surface area contributed by atoms with Crippen LogP contribution >= 0.6 is 0 Å². The predicted molar refractivity (Wildman–Crippen MR) is 226 cm³/mol. The van der Waals surface area contributed by atoms with Crippen molar-refractivity contribution in [3.63, 3.8) is 0 Å². The van der Waals surface area contributed by atoms with Crippen molar-refractivity contribution in [3.05, 3.63) is 101 Å². The summed E-state index contributed by atoms with van der Waals surface area (Å²) in [6, 6.07) is 16.2. The average molecular weight is 781 g/mol. The summed E-state index contributed by atoms with van der Waals surface area (Å²) in [6.45, 7) is 5.65. The minimum absolute atomic E-state index is 0.173. The zero-order valence-corrected chi connectivity index (χ0v) is 33.8. The van der Waals surface area contributed by atoms with Gasteiger partial charge in [-0.1, -0.05) is 108 Å². The van der Waals surface area contributed by atoms with Gasteiger partial charge in [-0.25, -0.2) is 4.79 Å². The van der Waals surface area contributed by atoms with Crippen LogP contribution in [0.1, 0.15) is 108 Å². The van der Waals surface area contributed by atoms with Crippen LogP contribution in [0.3, 0.4) is 0 Å². The maximum absolute atomic E-state index is 13.3. The topological polar surface area (TPSA) is 119 Å². The second kappa shape index (κ2) is 24.8. The third-order valence-corrected chi connectivity index (χ3v) is 9.12. The molecule has 3 aromatic rings. The lowest BCUT2D eigenvalue weighted by atomic mass is 10.1. The number of hydrogen-bond donors (Lipinski definition) is 1. The van der Waals surface area contributed by atoms with E-state index in [0.717, 1.165) is 42.9 Å². The highest BCUT2D eigenvalue weighted by Crippen LogP contribution is 2.36. The van der Waals surface area contributed by atoms with Gasteiger partial charge in [-0.05, 0) is 84.2 Å². The second-order valence-corrected chi connectivity index (χ2v) is 13.7. The number of ketones is 1. The maximum atomic E-state index is 13.3. The van der Waals surface area contributed by atoms with Crippen LogP contribution in [0.25, 0.3) is 18.2 Å². The first kappa shape index (κ1) is 44.1. The summed E-state index contributed by atoms with van der Waals surface area (Å²) in [7, 11) is 1.99. The molecule has 1 N–H and O–H groups in total. The molecule has 1 aliphatic heterocycles. The van der Waals surface area contributed by atoms with E-state index >= 15 is 0 Å². The van der Waals surface area contributed by atoms with E-state index in [1.54, 1.807) is 50.6 Å². The van der Waals surface area contributed by atoms with E-state index in [1.807, 2.05) is 36.4 Å². The van der Waals surface area contributed by atoms with Crippen LogP contribution in [0.2, 0.25) is 0 Å². The number of carboxylic acids is 1. The molecule has 0 aromatic heterocycles. The smallest absolute Gasteiger partial charge is 0.493 e. The number of carbonyl (C=O) groups excluding carboxylic acids is 1. The zero-order chi connectivity index (χ0) is 40.7. The third-order valence-electron chi connectivity index (χ3n) is 9.12. The quantitative estimate of drug-likeness (QED) is 0.0263. The van der Waals surface area contributed by atoms with Crippen molar-refractivity contribution in [2.75, 3.05) is 27.4 Å². The number of rotatable bonds is 27. The molecule has 11 heteroatoms. The number of carbonyl (C=O) groups is 2. The number of allylic oxidation sites excluding steroid dienone is 3. The fraction of sp³-hybridized carbons (Fsp3) is 0.391. The van der Waals surface area contributed by atoms with Crippen molar-refractivity contribution in [2.45, 2.75) is 90.9 Å². The van der Waals surface area contributed by atoms with Gasteiger partial charge in [0.15, 0.2) is 28.8 Å². The maximum Gasteiger partial charge on any atom is 0.864 e. The minimum Gasteiger partial charge on any atom is -0.493 e. The van der Waals surface area contributed by atoms with Crippen LogP contribution in [0.15, 0.2) is 84.7 Å². The Morgan fingerprint density at radius 1 is 0.596 bits per heavy atom. The van der Waals surface area contributed by atoms with Gasteiger partial charge in [0.05, 0.1) is 27.4 Å². The average Bonchev–Trinajstić information content (AvgIpc) is 3.62. The van der Waals surface area contributed by atoms with E-state index in [2.05, 4.69) is 13.8 Å². The summed E-state index contributed by atoms with van der Waals surface area (Å²) in [6.07, 6.45) is 24.5. The van der Waals surface area contributed by atoms with Crippen LogP contribution in [-0.4, -0.2) is 51.6 Å². The van der Waals surface area contributed by atoms with Gasteiger partial charge in [-0.3, -0.25) is 4.79 Å². The molecule has 0 saturated heterocycles. The standard InChI is InChI=1S/C46H57BO10/c1-5-7-9-11-13-15-29-53-40-25-19-35(31-43(40)51-3)17-23-38(48)34-39(55-47-56-42-27-21-37(22-28-46(49)50)33-45(42)57-47)24-18-36-20-26-41(44(32-36)52-4)54-30-16-14-12-10-8-6-2/h17-28,31-34H,5-16,29-30H2,1-4H3,(H,49,50)/b23-17+,24-18+,28-22+,39-34-. The van der Waals surface area contributed by atoms with Crippen LogP contribution in [0, 0.1) is 0 Å². The van der Waals surface area contributed by atoms with Gasteiger partial charge in [-0.15, -0.1) is 0 Å². The predicted octanol–water partition coefficient (Wildman–Crippen LogP) is 10.9. The molecule has 3 aromatic carbocycles. The summed E-state index contributed by atoms with van der Waals surface area (Å²) in [4.78, 5) is 24.3. The molecule has 1 aliphatic rings. The first-order chi connectivity index (χ1) is 27.8. The molecule has 0 unspecified atom stereocenters. The molecule has 0 saturated carbocycles. The largest absolute Gasteiger partial charge is 0.864 e. The number of unbranched alkanes of at least 4 members (excludes halogenated alkanes) is 10. The van der Waals surface area contributed by atoms with Crippen molar-refractivity contribution in [1.82, 2.24) is 0 Å². The second-order valence-electron chi connectivity index (χ2n) is 13.7. The van der Waals surface area contributed by atoms with Gasteiger partial charge < -0.3 is 38.0 Å². The molecule has 0 radical (unpaired) electrons. The van der Waals surface area contributed by atoms with Gasteiger partial charge >= 0.3 is 13.3 Å². The number of hydrogen-bond acceptors (Lipinski definition) is 9. The summed E-state index contributed by atoms with van der Waals surface area (Å²) in [5.41, 5.74) is 2.15. The lowest BCUT2D eigenvalue weighted by molar-refractivity contribution is -0.131. The molecule has 1 heterocycles. The van der Waals surface area contributed by atoms with Crippen LogP contribution in [-0.2, 0) is 14.2 Å². The summed E-state index contributed by atoms with van der Waals surface area (Å²) in [5, 5.41) is 9.00.